The molecular formula is C25H21N3O4. The molecule has 0 fully saturated rings. The standard InChI is InChI=1S/C25H21N3O4/c1-17-7-5-11-23(18(17)2)27-25(29)21(15-26)14-20-9-3-4-12-24(20)32-16-19-8-6-10-22(13-19)28(30)31/h3-14H,16H2,1-2H3,(H,27,29)/b21-14+. The summed E-state index contributed by atoms with van der Waals surface area (Å²) in [7, 11) is 0. The minimum absolute atomic E-state index is 0.0193. The highest BCUT2D eigenvalue weighted by molar-refractivity contribution is 6.10. The zero-order valence-corrected chi connectivity index (χ0v) is 17.7. The van der Waals surface area contributed by atoms with E-state index >= 15 is 0 Å². The Morgan fingerprint density at radius 1 is 1.12 bits per heavy atom. The number of nitro groups is 1. The van der Waals surface area contributed by atoms with Crippen molar-refractivity contribution in [3.63, 3.8) is 0 Å². The summed E-state index contributed by atoms with van der Waals surface area (Å²) in [6.45, 7) is 3.95. The molecule has 0 spiro atoms. The smallest absolute Gasteiger partial charge is 0.269 e. The Morgan fingerprint density at radius 2 is 1.88 bits per heavy atom. The fourth-order valence-corrected chi connectivity index (χ4v) is 3.03. The largest absolute Gasteiger partial charge is 0.488 e. The summed E-state index contributed by atoms with van der Waals surface area (Å²) >= 11 is 0. The van der Waals surface area contributed by atoms with Crippen LogP contribution in [0.4, 0.5) is 11.4 Å². The summed E-state index contributed by atoms with van der Waals surface area (Å²) in [4.78, 5) is 23.2. The van der Waals surface area contributed by atoms with Crippen LogP contribution in [0.1, 0.15) is 22.3 Å². The minimum atomic E-state index is -0.519. The highest BCUT2D eigenvalue weighted by atomic mass is 16.6. The molecule has 3 aromatic carbocycles. The number of hydrogen-bond donors (Lipinski definition) is 1. The zero-order chi connectivity index (χ0) is 23.1. The SMILES string of the molecule is Cc1cccc(NC(=O)/C(C#N)=C/c2ccccc2OCc2cccc([N+](=O)[O-])c2)c1C. The van der Waals surface area contributed by atoms with Crippen molar-refractivity contribution in [2.75, 3.05) is 5.32 Å². The van der Waals surface area contributed by atoms with Gasteiger partial charge in [-0.25, -0.2) is 0 Å². The van der Waals surface area contributed by atoms with Crippen LogP contribution in [-0.2, 0) is 11.4 Å². The Morgan fingerprint density at radius 3 is 2.62 bits per heavy atom. The minimum Gasteiger partial charge on any atom is -0.488 e. The quantitative estimate of drug-likeness (QED) is 0.237. The van der Waals surface area contributed by atoms with Gasteiger partial charge >= 0.3 is 0 Å². The lowest BCUT2D eigenvalue weighted by molar-refractivity contribution is -0.384. The number of nitrogens with zero attached hydrogens (tertiary/aromatic N) is 2. The Labute approximate surface area is 185 Å². The number of nitrogens with one attached hydrogen (secondary N) is 1. The number of hydrogen-bond acceptors (Lipinski definition) is 5. The van der Waals surface area contributed by atoms with Gasteiger partial charge in [0.05, 0.1) is 4.92 Å². The third kappa shape index (κ3) is 5.37. The summed E-state index contributed by atoms with van der Waals surface area (Å²) < 4.78 is 5.83. The predicted octanol–water partition coefficient (Wildman–Crippen LogP) is 5.34. The average Bonchev–Trinajstić information content (AvgIpc) is 2.79. The first-order valence-corrected chi connectivity index (χ1v) is 9.83. The molecule has 3 aromatic rings. The molecule has 7 heteroatoms. The van der Waals surface area contributed by atoms with Crippen LogP contribution in [0.2, 0.25) is 0 Å². The van der Waals surface area contributed by atoms with Crippen LogP contribution in [0.3, 0.4) is 0 Å². The van der Waals surface area contributed by atoms with Gasteiger partial charge in [-0.2, -0.15) is 5.26 Å². The zero-order valence-electron chi connectivity index (χ0n) is 17.7. The van der Waals surface area contributed by atoms with Crippen LogP contribution in [0.5, 0.6) is 5.75 Å². The van der Waals surface area contributed by atoms with E-state index in [0.717, 1.165) is 11.1 Å². The van der Waals surface area contributed by atoms with Crippen molar-refractivity contribution < 1.29 is 14.5 Å². The van der Waals surface area contributed by atoms with Crippen LogP contribution >= 0.6 is 0 Å². The molecular weight excluding hydrogens is 406 g/mol. The van der Waals surface area contributed by atoms with Gasteiger partial charge in [-0.05, 0) is 48.7 Å². The summed E-state index contributed by atoms with van der Waals surface area (Å²) in [5, 5.41) is 23.3. The number of anilines is 1. The molecule has 7 nitrogen and oxygen atoms in total. The van der Waals surface area contributed by atoms with Gasteiger partial charge in [0.1, 0.15) is 24.0 Å². The van der Waals surface area contributed by atoms with Gasteiger partial charge in [0.15, 0.2) is 0 Å². The molecule has 0 aromatic heterocycles. The van der Waals surface area contributed by atoms with Crippen molar-refractivity contribution in [2.45, 2.75) is 20.5 Å². The van der Waals surface area contributed by atoms with Gasteiger partial charge in [-0.1, -0.05) is 42.5 Å². The number of nitro benzene ring substituents is 1. The number of rotatable bonds is 7. The maximum Gasteiger partial charge on any atom is 0.269 e. The number of aryl methyl sites for hydroxylation is 1. The number of nitriles is 1. The van der Waals surface area contributed by atoms with Gasteiger partial charge in [-0.3, -0.25) is 14.9 Å². The third-order valence-electron chi connectivity index (χ3n) is 4.95. The van der Waals surface area contributed by atoms with Crippen molar-refractivity contribution >= 4 is 23.4 Å². The number of ether oxygens (including phenoxy) is 1. The van der Waals surface area contributed by atoms with E-state index in [4.69, 9.17) is 4.74 Å². The molecule has 0 bridgehead atoms. The molecule has 1 N–H and O–H groups in total. The molecule has 160 valence electrons. The Balaban J connectivity index is 1.80. The average molecular weight is 427 g/mol. The summed E-state index contributed by atoms with van der Waals surface area (Å²) in [6, 6.07) is 20.7. The van der Waals surface area contributed by atoms with Crippen molar-refractivity contribution in [3.8, 4) is 11.8 Å². The van der Waals surface area contributed by atoms with Crippen molar-refractivity contribution in [1.82, 2.24) is 0 Å². The Bertz CT molecular complexity index is 1240. The summed E-state index contributed by atoms with van der Waals surface area (Å²) in [5.74, 6) is -0.0685. The van der Waals surface area contributed by atoms with E-state index in [-0.39, 0.29) is 17.9 Å². The van der Waals surface area contributed by atoms with Crippen LogP contribution in [0.25, 0.3) is 6.08 Å². The van der Waals surface area contributed by atoms with Crippen molar-refractivity contribution in [1.29, 1.82) is 5.26 Å². The van der Waals surface area contributed by atoms with Crippen LogP contribution < -0.4 is 10.1 Å². The molecule has 0 aliphatic rings. The normalized spacial score (nSPS) is 10.8. The van der Waals surface area contributed by atoms with E-state index in [1.807, 2.05) is 32.0 Å². The van der Waals surface area contributed by atoms with E-state index < -0.39 is 10.8 Å². The van der Waals surface area contributed by atoms with E-state index in [0.29, 0.717) is 22.6 Å². The monoisotopic (exact) mass is 427 g/mol. The van der Waals surface area contributed by atoms with Gasteiger partial charge in [-0.15, -0.1) is 0 Å². The molecule has 32 heavy (non-hydrogen) atoms. The molecule has 0 heterocycles. The number of carbonyl (C=O) groups is 1. The fourth-order valence-electron chi connectivity index (χ4n) is 3.03. The van der Waals surface area contributed by atoms with E-state index in [1.165, 1.54) is 18.2 Å². The highest BCUT2D eigenvalue weighted by Crippen LogP contribution is 2.24. The number of carbonyl (C=O) groups excluding carboxylic acids is 1. The molecule has 0 saturated heterocycles. The second-order valence-corrected chi connectivity index (χ2v) is 7.12. The Hall–Kier alpha value is -4.44. The van der Waals surface area contributed by atoms with Gasteiger partial charge < -0.3 is 10.1 Å². The highest BCUT2D eigenvalue weighted by Gasteiger charge is 2.13. The Kier molecular flexibility index (Phi) is 6.99. The molecule has 0 atom stereocenters. The van der Waals surface area contributed by atoms with E-state index in [2.05, 4.69) is 5.32 Å². The predicted molar refractivity (Wildman–Crippen MR) is 122 cm³/mol. The lowest BCUT2D eigenvalue weighted by Crippen LogP contribution is -2.14. The first-order valence-electron chi connectivity index (χ1n) is 9.83. The molecule has 0 aliphatic carbocycles. The number of para-hydroxylation sites is 1. The van der Waals surface area contributed by atoms with Crippen molar-refractivity contribution in [2.24, 2.45) is 0 Å². The fraction of sp³-hybridized carbons (Fsp3) is 0.120. The number of benzene rings is 3. The topological polar surface area (TPSA) is 105 Å². The first-order chi connectivity index (χ1) is 15.4. The molecule has 3 rings (SSSR count). The van der Waals surface area contributed by atoms with Crippen LogP contribution in [0, 0.1) is 35.3 Å². The molecule has 0 unspecified atom stereocenters. The maximum absolute atomic E-state index is 12.7. The van der Waals surface area contributed by atoms with E-state index in [9.17, 15) is 20.2 Å². The maximum atomic E-state index is 12.7. The second kappa shape index (κ2) is 10.0. The van der Waals surface area contributed by atoms with E-state index in [1.54, 1.807) is 42.5 Å². The van der Waals surface area contributed by atoms with Crippen molar-refractivity contribution in [3.05, 3.63) is 105 Å². The number of non-ortho nitro benzene ring substituents is 1. The molecule has 1 amide bonds. The molecule has 0 aliphatic heterocycles. The van der Waals surface area contributed by atoms with Gasteiger partial charge in [0.25, 0.3) is 11.6 Å². The molecule has 0 saturated carbocycles. The third-order valence-corrected chi connectivity index (χ3v) is 4.95. The summed E-state index contributed by atoms with van der Waals surface area (Å²) in [5.41, 5.74) is 3.69. The second-order valence-electron chi connectivity index (χ2n) is 7.12. The lowest BCUT2D eigenvalue weighted by Gasteiger charge is -2.11. The lowest BCUT2D eigenvalue weighted by atomic mass is 10.1. The van der Waals surface area contributed by atoms with Gasteiger partial charge in [0.2, 0.25) is 0 Å². The van der Waals surface area contributed by atoms with Crippen LogP contribution in [-0.4, -0.2) is 10.8 Å². The van der Waals surface area contributed by atoms with Crippen LogP contribution in [0.15, 0.2) is 72.3 Å². The number of amides is 1. The first kappa shape index (κ1) is 22.2. The van der Waals surface area contributed by atoms with Gasteiger partial charge in [0, 0.05) is 23.4 Å². The summed E-state index contributed by atoms with van der Waals surface area (Å²) in [6.07, 6.45) is 1.46. The molecule has 0 radical (unpaired) electrons.